The summed E-state index contributed by atoms with van der Waals surface area (Å²) in [5.74, 6) is 1.80. The molecule has 3 aromatic carbocycles. The van der Waals surface area contributed by atoms with Crippen molar-refractivity contribution in [2.24, 2.45) is 0 Å². The first kappa shape index (κ1) is 26.3. The molecule has 9 aromatic rings. The van der Waals surface area contributed by atoms with Gasteiger partial charge in [-0.05, 0) is 48.2 Å². The van der Waals surface area contributed by atoms with Crippen molar-refractivity contribution in [1.82, 2.24) is 28.9 Å². The van der Waals surface area contributed by atoms with Gasteiger partial charge < -0.3 is 14.1 Å². The largest absolute Gasteiger partial charge is 0.459 e. The van der Waals surface area contributed by atoms with Crippen LogP contribution in [0.15, 0.2) is 128 Å². The maximum absolute atomic E-state index is 6.46. The van der Waals surface area contributed by atoms with Gasteiger partial charge in [-0.15, -0.1) is 5.56 Å². The summed E-state index contributed by atoms with van der Waals surface area (Å²) in [7, 11) is 0. The molecule has 0 radical (unpaired) electrons. The van der Waals surface area contributed by atoms with Gasteiger partial charge in [-0.1, -0.05) is 77.5 Å². The Bertz CT molecular complexity index is 2490. The van der Waals surface area contributed by atoms with Crippen molar-refractivity contribution in [2.75, 3.05) is 0 Å². The SMILES string of the molecule is [Pt].[c-]1c(Oc2ccc3c4ccccc4n(-c4ccccn4)c3n2)cc2ccn3c4ccccc4nc3c2c1-c1ccccn1. The molecule has 0 saturated heterocycles. The fourth-order valence-corrected chi connectivity index (χ4v) is 5.95. The third-order valence-electron chi connectivity index (χ3n) is 7.81. The molecule has 6 heterocycles. The minimum absolute atomic E-state index is 0. The maximum atomic E-state index is 6.46. The number of pyridine rings is 4. The molecule has 0 aliphatic carbocycles. The number of aromatic nitrogens is 6. The van der Waals surface area contributed by atoms with Crippen LogP contribution in [-0.4, -0.2) is 28.9 Å². The van der Waals surface area contributed by atoms with Gasteiger partial charge in [0, 0.05) is 62.2 Å². The van der Waals surface area contributed by atoms with E-state index in [1.807, 2.05) is 78.9 Å². The van der Waals surface area contributed by atoms with Crippen LogP contribution in [0, 0.1) is 6.07 Å². The van der Waals surface area contributed by atoms with Gasteiger partial charge in [-0.2, -0.15) is 4.98 Å². The molecule has 0 aliphatic rings. The van der Waals surface area contributed by atoms with Crippen LogP contribution in [0.2, 0.25) is 0 Å². The van der Waals surface area contributed by atoms with Gasteiger partial charge in [0.15, 0.2) is 5.65 Å². The van der Waals surface area contributed by atoms with Crippen molar-refractivity contribution >= 4 is 49.4 Å². The van der Waals surface area contributed by atoms with Crippen molar-refractivity contribution in [3.63, 3.8) is 0 Å². The van der Waals surface area contributed by atoms with Gasteiger partial charge in [0.1, 0.15) is 11.5 Å². The number of rotatable bonds is 4. The van der Waals surface area contributed by atoms with Crippen molar-refractivity contribution in [3.05, 3.63) is 134 Å². The first-order chi connectivity index (χ1) is 21.3. The number of para-hydroxylation sites is 3. The van der Waals surface area contributed by atoms with E-state index in [2.05, 4.69) is 61.5 Å². The van der Waals surface area contributed by atoms with Crippen LogP contribution in [0.5, 0.6) is 11.6 Å². The molecule has 0 fully saturated rings. The Labute approximate surface area is 265 Å². The number of imidazole rings is 1. The zero-order valence-corrected chi connectivity index (χ0v) is 25.3. The van der Waals surface area contributed by atoms with Gasteiger partial charge in [-0.25, -0.2) is 9.97 Å². The molecule has 0 atom stereocenters. The Balaban J connectivity index is 0.00000289. The summed E-state index contributed by atoms with van der Waals surface area (Å²) in [5, 5.41) is 4.07. The molecule has 9 rings (SSSR count). The summed E-state index contributed by atoms with van der Waals surface area (Å²) >= 11 is 0. The van der Waals surface area contributed by atoms with Gasteiger partial charge in [0.05, 0.1) is 16.6 Å². The van der Waals surface area contributed by atoms with Crippen LogP contribution in [0.3, 0.4) is 0 Å². The molecule has 212 valence electrons. The molecule has 7 nitrogen and oxygen atoms in total. The first-order valence-electron chi connectivity index (χ1n) is 14.0. The van der Waals surface area contributed by atoms with E-state index in [4.69, 9.17) is 14.7 Å². The van der Waals surface area contributed by atoms with Crippen molar-refractivity contribution in [3.8, 4) is 28.7 Å². The number of benzene rings is 3. The third kappa shape index (κ3) is 4.08. The van der Waals surface area contributed by atoms with Crippen LogP contribution in [-0.2, 0) is 21.1 Å². The quantitative estimate of drug-likeness (QED) is 0.170. The van der Waals surface area contributed by atoms with Crippen LogP contribution >= 0.6 is 0 Å². The number of nitrogens with zero attached hydrogens (tertiary/aromatic N) is 6. The molecule has 8 heteroatoms. The van der Waals surface area contributed by atoms with Crippen LogP contribution in [0.4, 0.5) is 0 Å². The Hall–Kier alpha value is -5.39. The molecule has 0 spiro atoms. The molecule has 0 N–H and O–H groups in total. The number of hydrogen-bond donors (Lipinski definition) is 0. The number of hydrogen-bond acceptors (Lipinski definition) is 5. The third-order valence-corrected chi connectivity index (χ3v) is 7.81. The van der Waals surface area contributed by atoms with E-state index < -0.39 is 0 Å². The smallest absolute Gasteiger partial charge is 0.219 e. The second kappa shape index (κ2) is 10.4. The van der Waals surface area contributed by atoms with Crippen LogP contribution < -0.4 is 4.74 Å². The fourth-order valence-electron chi connectivity index (χ4n) is 5.95. The Morgan fingerprint density at radius 2 is 1.45 bits per heavy atom. The van der Waals surface area contributed by atoms with E-state index in [-0.39, 0.29) is 21.1 Å². The predicted octanol–water partition coefficient (Wildman–Crippen LogP) is 8.18. The van der Waals surface area contributed by atoms with Crippen molar-refractivity contribution in [1.29, 1.82) is 0 Å². The number of ether oxygens (including phenoxy) is 1. The van der Waals surface area contributed by atoms with Crippen LogP contribution in [0.25, 0.3) is 66.5 Å². The summed E-state index contributed by atoms with van der Waals surface area (Å²) in [4.78, 5) is 19.3. The normalized spacial score (nSPS) is 11.5. The van der Waals surface area contributed by atoms with E-state index in [0.29, 0.717) is 11.6 Å². The Kier molecular flexibility index (Phi) is 6.21. The average Bonchev–Trinajstić information content (AvgIpc) is 3.61. The van der Waals surface area contributed by atoms with E-state index in [1.165, 1.54) is 0 Å². The van der Waals surface area contributed by atoms with Gasteiger partial charge in [0.25, 0.3) is 0 Å². The summed E-state index contributed by atoms with van der Waals surface area (Å²) < 4.78 is 10.6. The first-order valence-corrected chi connectivity index (χ1v) is 14.0. The molecule has 44 heavy (non-hydrogen) atoms. The second-order valence-corrected chi connectivity index (χ2v) is 10.3. The molecular weight excluding hydrogens is 728 g/mol. The van der Waals surface area contributed by atoms with E-state index >= 15 is 0 Å². The number of fused-ring (bicyclic) bond motifs is 8. The monoisotopic (exact) mass is 748 g/mol. The van der Waals surface area contributed by atoms with Crippen molar-refractivity contribution < 1.29 is 25.8 Å². The zero-order valence-electron chi connectivity index (χ0n) is 23.0. The average molecular weight is 749 g/mol. The maximum Gasteiger partial charge on any atom is 0.219 e. The fraction of sp³-hybridized carbons (Fsp3) is 0. The van der Waals surface area contributed by atoms with Gasteiger partial charge in [0.2, 0.25) is 5.88 Å². The topological polar surface area (TPSA) is 70.1 Å². The van der Waals surface area contributed by atoms with Crippen LogP contribution in [0.1, 0.15) is 0 Å². The molecule has 6 aromatic heterocycles. The molecule has 0 amide bonds. The zero-order chi connectivity index (χ0) is 28.3. The summed E-state index contributed by atoms with van der Waals surface area (Å²) in [6, 6.07) is 39.7. The van der Waals surface area contributed by atoms with Gasteiger partial charge >= 0.3 is 0 Å². The summed E-state index contributed by atoms with van der Waals surface area (Å²) in [6.45, 7) is 0. The Morgan fingerprint density at radius 1 is 0.659 bits per heavy atom. The summed E-state index contributed by atoms with van der Waals surface area (Å²) in [5.41, 5.74) is 6.24. The van der Waals surface area contributed by atoms with E-state index in [0.717, 1.165) is 66.5 Å². The molecular formula is C36H21N6OPt-. The minimum atomic E-state index is 0. The van der Waals surface area contributed by atoms with Crippen molar-refractivity contribution in [2.45, 2.75) is 0 Å². The van der Waals surface area contributed by atoms with E-state index in [9.17, 15) is 0 Å². The molecule has 0 unspecified atom stereocenters. The summed E-state index contributed by atoms with van der Waals surface area (Å²) in [6.07, 6.45) is 5.63. The minimum Gasteiger partial charge on any atom is -0.459 e. The Morgan fingerprint density at radius 3 is 2.30 bits per heavy atom. The molecule has 0 aliphatic heterocycles. The van der Waals surface area contributed by atoms with E-state index in [1.54, 1.807) is 12.4 Å². The molecule has 0 bridgehead atoms. The standard InChI is InChI=1S/C36H21N6O.Pt/c1-3-12-30-25(9-1)26-15-16-33(40-35(26)42(30)32-14-6-8-19-38-32)43-24-21-23-17-20-41-31-13-4-2-11-29(31)39-36(41)34(23)27(22-24)28-10-5-7-18-37-28;/h1-21H;/q-1;. The predicted molar refractivity (Wildman–Crippen MR) is 169 cm³/mol. The second-order valence-electron chi connectivity index (χ2n) is 10.3. The van der Waals surface area contributed by atoms with Gasteiger partial charge in [-0.3, -0.25) is 4.57 Å². The molecule has 0 saturated carbocycles.